The number of likely N-dealkylation sites (tertiary alicyclic amines) is 1. The molecule has 3 rings (SSSR count). The van der Waals surface area contributed by atoms with Gasteiger partial charge in [0.05, 0.1) is 0 Å². The highest BCUT2D eigenvalue weighted by atomic mass is 19.1. The van der Waals surface area contributed by atoms with Gasteiger partial charge in [-0.3, -0.25) is 14.7 Å². The summed E-state index contributed by atoms with van der Waals surface area (Å²) in [7, 11) is 0. The summed E-state index contributed by atoms with van der Waals surface area (Å²) in [5.74, 6) is -0.561. The van der Waals surface area contributed by atoms with E-state index < -0.39 is 5.97 Å². The average Bonchev–Trinajstić information content (AvgIpc) is 2.53. The molecule has 1 fully saturated rings. The van der Waals surface area contributed by atoms with Crippen molar-refractivity contribution in [1.29, 1.82) is 0 Å². The highest BCUT2D eigenvalue weighted by molar-refractivity contribution is 5.79. The van der Waals surface area contributed by atoms with Gasteiger partial charge in [0.2, 0.25) is 0 Å². The van der Waals surface area contributed by atoms with E-state index in [0.717, 1.165) is 49.8 Å². The molecular weight excluding hydrogens is 295 g/mol. The van der Waals surface area contributed by atoms with Crippen LogP contribution in [0, 0.1) is 11.7 Å². The van der Waals surface area contributed by atoms with Crippen LogP contribution >= 0.6 is 0 Å². The summed E-state index contributed by atoms with van der Waals surface area (Å²) in [6.45, 7) is 2.72. The number of carboxylic acid groups (broad SMARTS) is 1. The molecule has 1 N–H and O–H groups in total. The standard InChI is InChI=1S/C18H21FN2O2/c19-16-5-1-4-15-9-14(10-20-18(15)16)12-21-8-2-3-13(11-21)6-7-17(22)23/h1,4-5,9-10,13H,2-3,6-8,11-12H2,(H,22,23). The van der Waals surface area contributed by atoms with Crippen molar-refractivity contribution < 1.29 is 14.3 Å². The lowest BCUT2D eigenvalue weighted by molar-refractivity contribution is -0.137. The first-order chi connectivity index (χ1) is 11.1. The molecular formula is C18H21FN2O2. The largest absolute Gasteiger partial charge is 0.481 e. The Morgan fingerprint density at radius 3 is 3.13 bits per heavy atom. The van der Waals surface area contributed by atoms with Gasteiger partial charge in [0, 0.05) is 31.1 Å². The topological polar surface area (TPSA) is 53.4 Å². The van der Waals surface area contributed by atoms with Crippen LogP contribution in [0.4, 0.5) is 4.39 Å². The summed E-state index contributed by atoms with van der Waals surface area (Å²) >= 11 is 0. The number of benzene rings is 1. The molecule has 122 valence electrons. The third-order valence-electron chi connectivity index (χ3n) is 4.49. The van der Waals surface area contributed by atoms with Gasteiger partial charge in [0.1, 0.15) is 11.3 Å². The molecule has 23 heavy (non-hydrogen) atoms. The van der Waals surface area contributed by atoms with Crippen LogP contribution in [0.25, 0.3) is 10.9 Å². The van der Waals surface area contributed by atoms with Gasteiger partial charge in [-0.2, -0.15) is 0 Å². The SMILES string of the molecule is O=C(O)CCC1CCCN(Cc2cnc3c(F)cccc3c2)C1. The Labute approximate surface area is 134 Å². The van der Waals surface area contributed by atoms with Crippen molar-refractivity contribution >= 4 is 16.9 Å². The fourth-order valence-electron chi connectivity index (χ4n) is 3.37. The molecule has 1 atom stereocenters. The Morgan fingerprint density at radius 1 is 1.43 bits per heavy atom. The molecule has 0 aliphatic carbocycles. The lowest BCUT2D eigenvalue weighted by atomic mass is 9.93. The molecule has 0 radical (unpaired) electrons. The first-order valence-corrected chi connectivity index (χ1v) is 8.09. The van der Waals surface area contributed by atoms with Crippen molar-refractivity contribution in [3.05, 3.63) is 41.8 Å². The van der Waals surface area contributed by atoms with Gasteiger partial charge in [-0.05, 0) is 49.4 Å². The fourth-order valence-corrected chi connectivity index (χ4v) is 3.37. The van der Waals surface area contributed by atoms with E-state index in [0.29, 0.717) is 11.4 Å². The molecule has 2 heterocycles. The average molecular weight is 316 g/mol. The van der Waals surface area contributed by atoms with E-state index in [1.807, 2.05) is 12.1 Å². The first kappa shape index (κ1) is 15.9. The Bertz CT molecular complexity index is 704. The lowest BCUT2D eigenvalue weighted by Crippen LogP contribution is -2.35. The van der Waals surface area contributed by atoms with E-state index in [1.165, 1.54) is 6.07 Å². The number of carbonyl (C=O) groups is 1. The molecule has 0 bridgehead atoms. The van der Waals surface area contributed by atoms with Crippen LogP contribution in [0.5, 0.6) is 0 Å². The third-order valence-corrected chi connectivity index (χ3v) is 4.49. The van der Waals surface area contributed by atoms with Gasteiger partial charge >= 0.3 is 5.97 Å². The summed E-state index contributed by atoms with van der Waals surface area (Å²) in [6, 6.07) is 6.99. The van der Waals surface area contributed by atoms with Crippen LogP contribution in [0.3, 0.4) is 0 Å². The lowest BCUT2D eigenvalue weighted by Gasteiger charge is -2.32. The van der Waals surface area contributed by atoms with Crippen molar-refractivity contribution in [3.8, 4) is 0 Å². The molecule has 1 saturated heterocycles. The summed E-state index contributed by atoms with van der Waals surface area (Å²) in [5.41, 5.74) is 1.48. The molecule has 0 spiro atoms. The zero-order chi connectivity index (χ0) is 16.2. The van der Waals surface area contributed by atoms with Crippen LogP contribution in [0.1, 0.15) is 31.2 Å². The minimum atomic E-state index is -0.720. The number of carboxylic acids is 1. The molecule has 1 aromatic carbocycles. The molecule has 4 nitrogen and oxygen atoms in total. The number of aromatic nitrogens is 1. The Balaban J connectivity index is 1.65. The number of piperidine rings is 1. The maximum Gasteiger partial charge on any atom is 0.303 e. The summed E-state index contributed by atoms with van der Waals surface area (Å²) in [4.78, 5) is 17.3. The zero-order valence-electron chi connectivity index (χ0n) is 13.0. The zero-order valence-corrected chi connectivity index (χ0v) is 13.0. The Kier molecular flexibility index (Phi) is 4.86. The van der Waals surface area contributed by atoms with E-state index in [9.17, 15) is 9.18 Å². The number of nitrogens with zero attached hydrogens (tertiary/aromatic N) is 2. The molecule has 0 amide bonds. The van der Waals surface area contributed by atoms with Crippen LogP contribution in [0.2, 0.25) is 0 Å². The second-order valence-electron chi connectivity index (χ2n) is 6.33. The van der Waals surface area contributed by atoms with Crippen molar-refractivity contribution in [3.63, 3.8) is 0 Å². The number of pyridine rings is 1. The molecule has 1 aliphatic rings. The quantitative estimate of drug-likeness (QED) is 0.918. The number of hydrogen-bond acceptors (Lipinski definition) is 3. The van der Waals surface area contributed by atoms with Crippen molar-refractivity contribution in [2.24, 2.45) is 5.92 Å². The Hall–Kier alpha value is -2.01. The molecule has 1 aliphatic heterocycles. The maximum atomic E-state index is 13.7. The van der Waals surface area contributed by atoms with Gasteiger partial charge in [0.25, 0.3) is 0 Å². The van der Waals surface area contributed by atoms with Crippen molar-refractivity contribution in [1.82, 2.24) is 9.88 Å². The predicted molar refractivity (Wildman–Crippen MR) is 86.6 cm³/mol. The highest BCUT2D eigenvalue weighted by Gasteiger charge is 2.20. The van der Waals surface area contributed by atoms with E-state index in [1.54, 1.807) is 12.3 Å². The molecule has 5 heteroatoms. The van der Waals surface area contributed by atoms with E-state index in [2.05, 4.69) is 9.88 Å². The van der Waals surface area contributed by atoms with E-state index >= 15 is 0 Å². The summed E-state index contributed by atoms with van der Waals surface area (Å²) in [6.07, 6.45) is 4.93. The number of rotatable bonds is 5. The smallest absolute Gasteiger partial charge is 0.303 e. The minimum absolute atomic E-state index is 0.245. The van der Waals surface area contributed by atoms with Gasteiger partial charge < -0.3 is 5.11 Å². The Morgan fingerprint density at radius 2 is 2.30 bits per heavy atom. The van der Waals surface area contributed by atoms with Gasteiger partial charge in [0.15, 0.2) is 0 Å². The maximum absolute atomic E-state index is 13.7. The monoisotopic (exact) mass is 316 g/mol. The normalized spacial score (nSPS) is 19.1. The number of para-hydroxylation sites is 1. The van der Waals surface area contributed by atoms with Crippen LogP contribution in [0.15, 0.2) is 30.5 Å². The fraction of sp³-hybridized carbons (Fsp3) is 0.444. The number of fused-ring (bicyclic) bond motifs is 1. The van der Waals surface area contributed by atoms with Crippen molar-refractivity contribution in [2.75, 3.05) is 13.1 Å². The molecule has 0 saturated carbocycles. The number of hydrogen-bond donors (Lipinski definition) is 1. The predicted octanol–water partition coefficient (Wildman–Crippen LogP) is 3.45. The van der Waals surface area contributed by atoms with E-state index in [-0.39, 0.29) is 12.2 Å². The number of aliphatic carboxylic acids is 1. The van der Waals surface area contributed by atoms with Gasteiger partial charge in [-0.15, -0.1) is 0 Å². The van der Waals surface area contributed by atoms with Crippen molar-refractivity contribution in [2.45, 2.75) is 32.2 Å². The second kappa shape index (κ2) is 7.04. The van der Waals surface area contributed by atoms with Crippen LogP contribution in [-0.4, -0.2) is 34.0 Å². The molecule has 2 aromatic rings. The second-order valence-corrected chi connectivity index (χ2v) is 6.33. The van der Waals surface area contributed by atoms with Gasteiger partial charge in [-0.1, -0.05) is 12.1 Å². The molecule has 1 aromatic heterocycles. The minimum Gasteiger partial charge on any atom is -0.481 e. The van der Waals surface area contributed by atoms with Crippen LogP contribution in [-0.2, 0) is 11.3 Å². The summed E-state index contributed by atoms with van der Waals surface area (Å²) in [5, 5.41) is 9.64. The third kappa shape index (κ3) is 4.05. The first-order valence-electron chi connectivity index (χ1n) is 8.09. The highest BCUT2D eigenvalue weighted by Crippen LogP contribution is 2.23. The molecule has 1 unspecified atom stereocenters. The van der Waals surface area contributed by atoms with Gasteiger partial charge in [-0.25, -0.2) is 4.39 Å². The number of halogens is 1. The summed E-state index contributed by atoms with van der Waals surface area (Å²) < 4.78 is 13.7. The van der Waals surface area contributed by atoms with E-state index in [4.69, 9.17) is 5.11 Å². The van der Waals surface area contributed by atoms with Crippen LogP contribution < -0.4 is 0 Å².